The first kappa shape index (κ1) is 15.3. The standard InChI is InChI=1S/C14H24BrNO3/c1-3-18-12-4-11(5-12)6-14(17)16-8-13(7-15)19-9-10(16)2/h10-13H,3-9H2,1-2H3. The van der Waals surface area contributed by atoms with E-state index < -0.39 is 0 Å². The summed E-state index contributed by atoms with van der Waals surface area (Å²) in [5.41, 5.74) is 0. The van der Waals surface area contributed by atoms with Crippen LogP contribution < -0.4 is 0 Å². The molecular weight excluding hydrogens is 310 g/mol. The van der Waals surface area contributed by atoms with E-state index >= 15 is 0 Å². The molecule has 1 heterocycles. The number of halogens is 1. The molecule has 0 radical (unpaired) electrons. The van der Waals surface area contributed by atoms with E-state index in [1.54, 1.807) is 0 Å². The highest BCUT2D eigenvalue weighted by molar-refractivity contribution is 9.09. The van der Waals surface area contributed by atoms with Crippen molar-refractivity contribution in [2.75, 3.05) is 25.1 Å². The largest absolute Gasteiger partial charge is 0.378 e. The Labute approximate surface area is 123 Å². The van der Waals surface area contributed by atoms with Crippen molar-refractivity contribution >= 4 is 21.8 Å². The second-order valence-corrected chi connectivity index (χ2v) is 6.27. The molecule has 1 aliphatic heterocycles. The van der Waals surface area contributed by atoms with Crippen LogP contribution in [0.1, 0.15) is 33.1 Å². The Kier molecular flexibility index (Phi) is 5.66. The Balaban J connectivity index is 1.76. The fourth-order valence-corrected chi connectivity index (χ4v) is 3.23. The molecule has 2 atom stereocenters. The molecule has 2 unspecified atom stereocenters. The van der Waals surface area contributed by atoms with Gasteiger partial charge in [0.15, 0.2) is 0 Å². The molecule has 0 aromatic rings. The van der Waals surface area contributed by atoms with Crippen LogP contribution in [0.5, 0.6) is 0 Å². The zero-order valence-electron chi connectivity index (χ0n) is 11.8. The molecule has 0 N–H and O–H groups in total. The lowest BCUT2D eigenvalue weighted by molar-refractivity contribution is -0.146. The first-order valence-corrected chi connectivity index (χ1v) is 8.34. The molecule has 0 spiro atoms. The van der Waals surface area contributed by atoms with Gasteiger partial charge < -0.3 is 14.4 Å². The van der Waals surface area contributed by atoms with Crippen molar-refractivity contribution in [2.24, 2.45) is 5.92 Å². The smallest absolute Gasteiger partial charge is 0.223 e. The molecule has 1 saturated heterocycles. The number of hydrogen-bond acceptors (Lipinski definition) is 3. The van der Waals surface area contributed by atoms with Crippen LogP contribution in [-0.2, 0) is 14.3 Å². The van der Waals surface area contributed by atoms with Crippen molar-refractivity contribution in [1.82, 2.24) is 4.90 Å². The summed E-state index contributed by atoms with van der Waals surface area (Å²) in [6.07, 6.45) is 3.28. The van der Waals surface area contributed by atoms with Crippen LogP contribution in [-0.4, -0.2) is 54.1 Å². The van der Waals surface area contributed by atoms with Gasteiger partial charge in [0.25, 0.3) is 0 Å². The molecule has 110 valence electrons. The molecule has 1 saturated carbocycles. The van der Waals surface area contributed by atoms with E-state index in [-0.39, 0.29) is 18.1 Å². The maximum Gasteiger partial charge on any atom is 0.223 e. The molecule has 2 fully saturated rings. The van der Waals surface area contributed by atoms with Gasteiger partial charge in [0, 0.05) is 24.9 Å². The predicted octanol–water partition coefficient (Wildman–Crippen LogP) is 2.20. The summed E-state index contributed by atoms with van der Waals surface area (Å²) in [7, 11) is 0. The highest BCUT2D eigenvalue weighted by atomic mass is 79.9. The summed E-state index contributed by atoms with van der Waals surface area (Å²) < 4.78 is 11.2. The minimum absolute atomic E-state index is 0.137. The zero-order chi connectivity index (χ0) is 13.8. The molecule has 0 aromatic carbocycles. The van der Waals surface area contributed by atoms with Crippen LogP contribution in [0.25, 0.3) is 0 Å². The average molecular weight is 334 g/mol. The third-order valence-electron chi connectivity index (χ3n) is 4.06. The molecule has 5 heteroatoms. The van der Waals surface area contributed by atoms with Crippen LogP contribution >= 0.6 is 15.9 Å². The lowest BCUT2D eigenvalue weighted by Crippen LogP contribution is -2.52. The molecule has 1 aliphatic carbocycles. The van der Waals surface area contributed by atoms with E-state index in [0.29, 0.717) is 31.6 Å². The maximum absolute atomic E-state index is 12.4. The van der Waals surface area contributed by atoms with Gasteiger partial charge in [0.2, 0.25) is 5.91 Å². The Bertz CT molecular complexity index is 307. The minimum atomic E-state index is 0.137. The van der Waals surface area contributed by atoms with Crippen molar-refractivity contribution in [3.63, 3.8) is 0 Å². The number of amides is 1. The number of morpholine rings is 1. The van der Waals surface area contributed by atoms with E-state index in [0.717, 1.165) is 24.8 Å². The van der Waals surface area contributed by atoms with Crippen molar-refractivity contribution < 1.29 is 14.3 Å². The molecule has 0 aromatic heterocycles. The first-order valence-electron chi connectivity index (χ1n) is 7.22. The zero-order valence-corrected chi connectivity index (χ0v) is 13.4. The van der Waals surface area contributed by atoms with Gasteiger partial charge >= 0.3 is 0 Å². The number of carbonyl (C=O) groups excluding carboxylic acids is 1. The van der Waals surface area contributed by atoms with E-state index in [1.807, 2.05) is 11.8 Å². The molecule has 4 nitrogen and oxygen atoms in total. The fourth-order valence-electron chi connectivity index (χ4n) is 2.84. The lowest BCUT2D eigenvalue weighted by atomic mass is 9.79. The van der Waals surface area contributed by atoms with Gasteiger partial charge in [-0.1, -0.05) is 15.9 Å². The summed E-state index contributed by atoms with van der Waals surface area (Å²) in [6, 6.07) is 0.200. The summed E-state index contributed by atoms with van der Waals surface area (Å²) >= 11 is 3.43. The average Bonchev–Trinajstić information content (AvgIpc) is 2.36. The van der Waals surface area contributed by atoms with Gasteiger partial charge in [-0.25, -0.2) is 0 Å². The van der Waals surface area contributed by atoms with Crippen LogP contribution in [0.4, 0.5) is 0 Å². The molecule has 2 aliphatic rings. The Morgan fingerprint density at radius 3 is 2.84 bits per heavy atom. The number of hydrogen-bond donors (Lipinski definition) is 0. The number of nitrogens with zero attached hydrogens (tertiary/aromatic N) is 1. The third kappa shape index (κ3) is 3.92. The van der Waals surface area contributed by atoms with Crippen molar-refractivity contribution in [1.29, 1.82) is 0 Å². The summed E-state index contributed by atoms with van der Waals surface area (Å²) in [6.45, 7) is 6.22. The van der Waals surface area contributed by atoms with E-state index in [9.17, 15) is 4.79 Å². The van der Waals surface area contributed by atoms with Crippen LogP contribution in [0.3, 0.4) is 0 Å². The van der Waals surface area contributed by atoms with Crippen LogP contribution in [0.15, 0.2) is 0 Å². The monoisotopic (exact) mass is 333 g/mol. The van der Waals surface area contributed by atoms with Gasteiger partial charge in [-0.2, -0.15) is 0 Å². The van der Waals surface area contributed by atoms with Gasteiger partial charge in [0.05, 0.1) is 24.9 Å². The second kappa shape index (κ2) is 7.04. The minimum Gasteiger partial charge on any atom is -0.378 e. The Hall–Kier alpha value is -0.130. The van der Waals surface area contributed by atoms with E-state index in [4.69, 9.17) is 9.47 Å². The van der Waals surface area contributed by atoms with Crippen molar-refractivity contribution in [3.05, 3.63) is 0 Å². The molecular formula is C14H24BrNO3. The Morgan fingerprint density at radius 1 is 1.47 bits per heavy atom. The van der Waals surface area contributed by atoms with Gasteiger partial charge in [-0.3, -0.25) is 4.79 Å². The van der Waals surface area contributed by atoms with Gasteiger partial charge in [-0.05, 0) is 32.6 Å². The second-order valence-electron chi connectivity index (χ2n) is 5.62. The highest BCUT2D eigenvalue weighted by Gasteiger charge is 2.35. The molecule has 2 rings (SSSR count). The lowest BCUT2D eigenvalue weighted by Gasteiger charge is -2.40. The number of ether oxygens (including phenoxy) is 2. The fraction of sp³-hybridized carbons (Fsp3) is 0.929. The maximum atomic E-state index is 12.4. The Morgan fingerprint density at radius 2 is 2.21 bits per heavy atom. The topological polar surface area (TPSA) is 38.8 Å². The number of alkyl halides is 1. The quantitative estimate of drug-likeness (QED) is 0.724. The van der Waals surface area contributed by atoms with Crippen molar-refractivity contribution in [2.45, 2.75) is 51.4 Å². The molecule has 0 bridgehead atoms. The SMILES string of the molecule is CCOC1CC(CC(=O)N2CC(CBr)OCC2C)C1. The predicted molar refractivity (Wildman–Crippen MR) is 77.5 cm³/mol. The normalized spacial score (nSPS) is 35.0. The number of carbonyl (C=O) groups is 1. The molecule has 1 amide bonds. The van der Waals surface area contributed by atoms with Crippen LogP contribution in [0.2, 0.25) is 0 Å². The highest BCUT2D eigenvalue weighted by Crippen LogP contribution is 2.33. The first-order chi connectivity index (χ1) is 9.13. The summed E-state index contributed by atoms with van der Waals surface area (Å²) in [4.78, 5) is 14.3. The summed E-state index contributed by atoms with van der Waals surface area (Å²) in [5, 5.41) is 0.791. The van der Waals surface area contributed by atoms with Gasteiger partial charge in [0.1, 0.15) is 0 Å². The molecule has 19 heavy (non-hydrogen) atoms. The van der Waals surface area contributed by atoms with Crippen molar-refractivity contribution in [3.8, 4) is 0 Å². The van der Waals surface area contributed by atoms with Gasteiger partial charge in [-0.15, -0.1) is 0 Å². The van der Waals surface area contributed by atoms with Crippen LogP contribution in [0, 0.1) is 5.92 Å². The van der Waals surface area contributed by atoms with E-state index in [1.165, 1.54) is 0 Å². The summed E-state index contributed by atoms with van der Waals surface area (Å²) in [5.74, 6) is 0.795. The third-order valence-corrected chi connectivity index (χ3v) is 4.78. The van der Waals surface area contributed by atoms with E-state index in [2.05, 4.69) is 22.9 Å². The number of rotatable bonds is 5.